The predicted molar refractivity (Wildman–Crippen MR) is 115 cm³/mol. The average Bonchev–Trinajstić information content (AvgIpc) is 3.43. The maximum atomic E-state index is 12.8. The lowest BCUT2D eigenvalue weighted by molar-refractivity contribution is 0.0937. The van der Waals surface area contributed by atoms with Crippen molar-refractivity contribution in [2.75, 3.05) is 12.4 Å². The summed E-state index contributed by atoms with van der Waals surface area (Å²) < 4.78 is 0. The number of H-pyrrole nitrogens is 1. The molecule has 30 heavy (non-hydrogen) atoms. The van der Waals surface area contributed by atoms with Gasteiger partial charge in [-0.25, -0.2) is 9.97 Å². The van der Waals surface area contributed by atoms with Crippen LogP contribution in [0, 0.1) is 28.6 Å². The minimum Gasteiger partial charge on any atom is -0.388 e. The minimum atomic E-state index is -0.280. The first kappa shape index (κ1) is 19.9. The molecule has 1 saturated carbocycles. The number of benzene rings is 1. The number of rotatable bonds is 6. The molecule has 0 radical (unpaired) electrons. The second-order valence-electron chi connectivity index (χ2n) is 7.37. The van der Waals surface area contributed by atoms with E-state index in [1.165, 1.54) is 6.20 Å². The molecule has 1 aliphatic carbocycles. The molecule has 1 fully saturated rings. The van der Waals surface area contributed by atoms with Crippen LogP contribution in [0.4, 0.5) is 5.69 Å². The number of hydrogen-bond donors (Lipinski definition) is 4. The Bertz CT molecular complexity index is 1200. The molecule has 3 aromatic rings. The topological polar surface area (TPSA) is 130 Å². The highest BCUT2D eigenvalue weighted by Gasteiger charge is 2.42. The average molecular weight is 422 g/mol. The summed E-state index contributed by atoms with van der Waals surface area (Å²) in [5.41, 5.74) is 3.06. The molecule has 2 aromatic heterocycles. The molecule has 0 bridgehead atoms. The van der Waals surface area contributed by atoms with Crippen LogP contribution in [0.3, 0.4) is 0 Å². The molecule has 2 unspecified atom stereocenters. The van der Waals surface area contributed by atoms with E-state index in [4.69, 9.17) is 22.3 Å². The van der Waals surface area contributed by atoms with Crippen molar-refractivity contribution in [3.8, 4) is 6.07 Å². The maximum Gasteiger partial charge on any atom is 0.255 e. The molecule has 4 rings (SSSR count). The monoisotopic (exact) mass is 421 g/mol. The summed E-state index contributed by atoms with van der Waals surface area (Å²) >= 11 is 6.05. The highest BCUT2D eigenvalue weighted by atomic mass is 35.5. The van der Waals surface area contributed by atoms with Crippen molar-refractivity contribution in [2.24, 2.45) is 11.8 Å². The van der Waals surface area contributed by atoms with Crippen LogP contribution in [0.1, 0.15) is 35.0 Å². The van der Waals surface area contributed by atoms with E-state index in [-0.39, 0.29) is 29.5 Å². The smallest absolute Gasteiger partial charge is 0.255 e. The molecule has 1 aromatic carbocycles. The van der Waals surface area contributed by atoms with Crippen LogP contribution in [0.15, 0.2) is 30.6 Å². The fraction of sp³-hybridized carbons (Fsp3) is 0.286. The quantitative estimate of drug-likeness (QED) is 0.453. The van der Waals surface area contributed by atoms with Crippen LogP contribution in [0.25, 0.3) is 11.2 Å². The number of amides is 1. The van der Waals surface area contributed by atoms with Crippen molar-refractivity contribution >= 4 is 40.1 Å². The molecule has 2 heterocycles. The van der Waals surface area contributed by atoms with Gasteiger partial charge in [-0.3, -0.25) is 10.2 Å². The molecule has 1 aliphatic rings. The van der Waals surface area contributed by atoms with Gasteiger partial charge in [-0.2, -0.15) is 5.26 Å². The van der Waals surface area contributed by atoms with Gasteiger partial charge in [0.1, 0.15) is 11.2 Å². The molecule has 0 saturated heterocycles. The molecular weight excluding hydrogens is 402 g/mol. The number of carbonyl (C=O) groups is 1. The first-order chi connectivity index (χ1) is 14.4. The van der Waals surface area contributed by atoms with E-state index in [1.807, 2.05) is 6.92 Å². The van der Waals surface area contributed by atoms with Gasteiger partial charge in [0.05, 0.1) is 29.5 Å². The Morgan fingerprint density at radius 2 is 2.23 bits per heavy atom. The van der Waals surface area contributed by atoms with E-state index in [2.05, 4.69) is 31.7 Å². The molecule has 8 nitrogen and oxygen atoms in total. The van der Waals surface area contributed by atoms with Gasteiger partial charge in [0, 0.05) is 35.6 Å². The fourth-order valence-electron chi connectivity index (χ4n) is 3.57. The second kappa shape index (κ2) is 7.76. The Morgan fingerprint density at radius 3 is 2.93 bits per heavy atom. The van der Waals surface area contributed by atoms with E-state index >= 15 is 0 Å². The Balaban J connectivity index is 1.62. The van der Waals surface area contributed by atoms with Gasteiger partial charge in [-0.1, -0.05) is 11.6 Å². The number of hydrogen-bond acceptors (Lipinski definition) is 6. The van der Waals surface area contributed by atoms with Crippen LogP contribution in [-0.2, 0) is 0 Å². The highest BCUT2D eigenvalue weighted by molar-refractivity contribution is 6.31. The SMILES string of the molecule is CNc1cc(Cl)ccc1C(=N)c1cnc2[nH]cc(C(=O)N[C@H](C)C3CC3C#N)c2n1. The second-order valence-corrected chi connectivity index (χ2v) is 7.80. The van der Waals surface area contributed by atoms with Crippen molar-refractivity contribution in [2.45, 2.75) is 19.4 Å². The molecule has 0 spiro atoms. The summed E-state index contributed by atoms with van der Waals surface area (Å²) in [4.78, 5) is 24.6. The summed E-state index contributed by atoms with van der Waals surface area (Å²) in [5, 5.41) is 24.1. The molecule has 1 amide bonds. The van der Waals surface area contributed by atoms with Crippen molar-refractivity contribution in [3.63, 3.8) is 0 Å². The lowest BCUT2D eigenvalue weighted by Crippen LogP contribution is -2.34. The number of carbonyl (C=O) groups excluding carboxylic acids is 1. The van der Waals surface area contributed by atoms with Gasteiger partial charge in [-0.15, -0.1) is 0 Å². The van der Waals surface area contributed by atoms with Gasteiger partial charge in [0.25, 0.3) is 5.91 Å². The first-order valence-electron chi connectivity index (χ1n) is 9.54. The molecule has 3 atom stereocenters. The number of nitrogens with zero attached hydrogens (tertiary/aromatic N) is 3. The normalized spacial score (nSPS) is 18.5. The van der Waals surface area contributed by atoms with Gasteiger partial charge in [0.15, 0.2) is 5.65 Å². The van der Waals surface area contributed by atoms with Crippen molar-refractivity contribution < 1.29 is 4.79 Å². The summed E-state index contributed by atoms with van der Waals surface area (Å²) in [6, 6.07) is 7.33. The summed E-state index contributed by atoms with van der Waals surface area (Å²) in [6.07, 6.45) is 3.87. The van der Waals surface area contributed by atoms with E-state index in [0.717, 1.165) is 6.42 Å². The van der Waals surface area contributed by atoms with Crippen LogP contribution in [0.5, 0.6) is 0 Å². The van der Waals surface area contributed by atoms with Crippen molar-refractivity contribution in [1.29, 1.82) is 10.7 Å². The largest absolute Gasteiger partial charge is 0.388 e. The lowest BCUT2D eigenvalue weighted by Gasteiger charge is -2.12. The van der Waals surface area contributed by atoms with E-state index in [9.17, 15) is 4.79 Å². The lowest BCUT2D eigenvalue weighted by atomic mass is 10.1. The van der Waals surface area contributed by atoms with E-state index < -0.39 is 0 Å². The zero-order valence-corrected chi connectivity index (χ0v) is 17.2. The molecule has 4 N–H and O–H groups in total. The predicted octanol–water partition coefficient (Wildman–Crippen LogP) is 3.35. The van der Waals surface area contributed by atoms with E-state index in [1.54, 1.807) is 31.4 Å². The molecule has 0 aliphatic heterocycles. The summed E-state index contributed by atoms with van der Waals surface area (Å²) in [7, 11) is 1.75. The van der Waals surface area contributed by atoms with Crippen LogP contribution in [0.2, 0.25) is 5.02 Å². The van der Waals surface area contributed by atoms with Crippen LogP contribution in [-0.4, -0.2) is 39.7 Å². The van der Waals surface area contributed by atoms with E-state index in [0.29, 0.717) is 38.7 Å². The molecular formula is C21H20ClN7O. The Hall–Kier alpha value is -3.44. The zero-order chi connectivity index (χ0) is 21.4. The number of aromatic amines is 1. The number of aromatic nitrogens is 3. The van der Waals surface area contributed by atoms with Crippen LogP contribution < -0.4 is 10.6 Å². The number of halogens is 1. The first-order valence-corrected chi connectivity index (χ1v) is 9.92. The van der Waals surface area contributed by atoms with Gasteiger partial charge >= 0.3 is 0 Å². The summed E-state index contributed by atoms with van der Waals surface area (Å²) in [5.74, 6) is -0.0857. The van der Waals surface area contributed by atoms with Gasteiger partial charge in [0.2, 0.25) is 0 Å². The third-order valence-electron chi connectivity index (χ3n) is 5.41. The van der Waals surface area contributed by atoms with Crippen LogP contribution >= 0.6 is 11.6 Å². The Morgan fingerprint density at radius 1 is 1.43 bits per heavy atom. The Labute approximate surface area is 178 Å². The number of anilines is 1. The third kappa shape index (κ3) is 3.60. The molecule has 9 heteroatoms. The van der Waals surface area contributed by atoms with Gasteiger partial charge in [-0.05, 0) is 37.5 Å². The van der Waals surface area contributed by atoms with Crippen molar-refractivity contribution in [3.05, 3.63) is 52.4 Å². The fourth-order valence-corrected chi connectivity index (χ4v) is 3.74. The van der Waals surface area contributed by atoms with Crippen molar-refractivity contribution in [1.82, 2.24) is 20.3 Å². The maximum absolute atomic E-state index is 12.8. The van der Waals surface area contributed by atoms with Gasteiger partial charge < -0.3 is 15.6 Å². The third-order valence-corrected chi connectivity index (χ3v) is 5.64. The summed E-state index contributed by atoms with van der Waals surface area (Å²) in [6.45, 7) is 1.90. The highest BCUT2D eigenvalue weighted by Crippen LogP contribution is 2.40. The number of nitriles is 1. The number of fused-ring (bicyclic) bond motifs is 1. The zero-order valence-electron chi connectivity index (χ0n) is 16.5. The molecule has 152 valence electrons. The standard InChI is InChI=1S/C21H20ClN7O/c1-10(14-5-11(14)7-23)28-21(30)15-8-26-20-19(15)29-17(9-27-20)18(24)13-4-3-12(22)6-16(13)25-2/h3-4,6,8-11,14,24-25H,5H2,1-2H3,(H,26,27)(H,28,30)/t10-,11?,14?/m1/s1. The number of nitrogens with one attached hydrogen (secondary N) is 4. The minimum absolute atomic E-state index is 0.0101. The Kier molecular flexibility index (Phi) is 5.14.